The topological polar surface area (TPSA) is 77.2 Å². The highest BCUT2D eigenvalue weighted by Gasteiger charge is 2.10. The number of aromatic nitrogens is 1. The van der Waals surface area contributed by atoms with E-state index in [9.17, 15) is 13.6 Å². The van der Waals surface area contributed by atoms with Crippen LogP contribution in [0.25, 0.3) is 0 Å². The summed E-state index contributed by atoms with van der Waals surface area (Å²) in [6.45, 7) is 1.61. The Kier molecular flexibility index (Phi) is 3.98. The van der Waals surface area contributed by atoms with Crippen LogP contribution in [-0.2, 0) is 9.53 Å². The number of pyridine rings is 1. The maximum Gasteiger partial charge on any atom is 0.325 e. The lowest BCUT2D eigenvalue weighted by molar-refractivity contribution is -0.140. The van der Waals surface area contributed by atoms with Crippen molar-refractivity contribution in [3.05, 3.63) is 17.7 Å². The quantitative estimate of drug-likeness (QED) is 0.753. The van der Waals surface area contributed by atoms with E-state index in [1.807, 2.05) is 0 Å². The number of hydrogen-bond donors (Lipinski definition) is 2. The molecule has 5 nitrogen and oxygen atoms in total. The lowest BCUT2D eigenvalue weighted by Crippen LogP contribution is -2.18. The maximum atomic E-state index is 13.1. The van der Waals surface area contributed by atoms with Crippen LogP contribution in [0.2, 0.25) is 0 Å². The first-order valence-electron chi connectivity index (χ1n) is 4.55. The second-order valence-corrected chi connectivity index (χ2v) is 2.84. The third-order valence-electron chi connectivity index (χ3n) is 1.66. The number of rotatable bonds is 4. The predicted molar refractivity (Wildman–Crippen MR) is 53.7 cm³/mol. The summed E-state index contributed by atoms with van der Waals surface area (Å²) in [5, 5.41) is 2.36. The van der Waals surface area contributed by atoms with Gasteiger partial charge in [0.15, 0.2) is 23.3 Å². The highest BCUT2D eigenvalue weighted by Crippen LogP contribution is 2.16. The fraction of sp³-hybridized carbons (Fsp3) is 0.333. The zero-order chi connectivity index (χ0) is 12.1. The van der Waals surface area contributed by atoms with Crippen LogP contribution in [0.3, 0.4) is 0 Å². The van der Waals surface area contributed by atoms with Gasteiger partial charge in [-0.25, -0.2) is 13.8 Å². The van der Waals surface area contributed by atoms with Gasteiger partial charge in [-0.1, -0.05) is 0 Å². The monoisotopic (exact) mass is 231 g/mol. The number of halogens is 2. The molecule has 1 aromatic rings. The van der Waals surface area contributed by atoms with Gasteiger partial charge in [0.25, 0.3) is 0 Å². The number of ether oxygens (including phenoxy) is 1. The first kappa shape index (κ1) is 12.2. The number of nitrogen functional groups attached to an aromatic ring is 1. The first-order valence-corrected chi connectivity index (χ1v) is 4.55. The normalized spacial score (nSPS) is 9.94. The Labute approximate surface area is 90.6 Å². The molecule has 0 saturated heterocycles. The number of anilines is 2. The second kappa shape index (κ2) is 5.24. The SMILES string of the molecule is CCOC(=O)CNc1nc(N)c(F)cc1F. The molecular formula is C9H11F2N3O2. The Balaban J connectivity index is 2.67. The van der Waals surface area contributed by atoms with Crippen LogP contribution in [0.1, 0.15) is 6.92 Å². The summed E-state index contributed by atoms with van der Waals surface area (Å²) in [7, 11) is 0. The van der Waals surface area contributed by atoms with E-state index >= 15 is 0 Å². The number of nitrogens with two attached hydrogens (primary N) is 1. The molecule has 0 amide bonds. The minimum Gasteiger partial charge on any atom is -0.465 e. The largest absolute Gasteiger partial charge is 0.465 e. The first-order chi connectivity index (χ1) is 7.54. The average molecular weight is 231 g/mol. The second-order valence-electron chi connectivity index (χ2n) is 2.84. The molecule has 1 rings (SSSR count). The van der Waals surface area contributed by atoms with E-state index in [4.69, 9.17) is 5.73 Å². The highest BCUT2D eigenvalue weighted by molar-refractivity contribution is 5.74. The zero-order valence-corrected chi connectivity index (χ0v) is 8.59. The molecule has 16 heavy (non-hydrogen) atoms. The van der Waals surface area contributed by atoms with Gasteiger partial charge in [0, 0.05) is 6.07 Å². The molecule has 0 aliphatic heterocycles. The Morgan fingerprint density at radius 3 is 2.88 bits per heavy atom. The average Bonchev–Trinajstić information content (AvgIpc) is 2.22. The van der Waals surface area contributed by atoms with E-state index < -0.39 is 23.4 Å². The fourth-order valence-corrected chi connectivity index (χ4v) is 0.973. The molecule has 7 heteroatoms. The van der Waals surface area contributed by atoms with Gasteiger partial charge in [-0.2, -0.15) is 0 Å². The van der Waals surface area contributed by atoms with Crippen molar-refractivity contribution in [3.63, 3.8) is 0 Å². The molecule has 0 bridgehead atoms. The van der Waals surface area contributed by atoms with Gasteiger partial charge < -0.3 is 15.8 Å². The molecule has 88 valence electrons. The molecule has 0 unspecified atom stereocenters. The summed E-state index contributed by atoms with van der Waals surface area (Å²) in [4.78, 5) is 14.4. The van der Waals surface area contributed by atoms with Gasteiger partial charge in [0.1, 0.15) is 6.54 Å². The lowest BCUT2D eigenvalue weighted by atomic mass is 10.4. The molecule has 1 heterocycles. The number of hydrogen-bond acceptors (Lipinski definition) is 5. The molecule has 0 atom stereocenters. The van der Waals surface area contributed by atoms with E-state index in [2.05, 4.69) is 15.0 Å². The van der Waals surface area contributed by atoms with Crippen LogP contribution in [0.5, 0.6) is 0 Å². The molecule has 0 fully saturated rings. The van der Waals surface area contributed by atoms with E-state index in [1.54, 1.807) is 6.92 Å². The number of nitrogens with zero attached hydrogens (tertiary/aromatic N) is 1. The number of carbonyl (C=O) groups excluding carboxylic acids is 1. The molecule has 0 aromatic carbocycles. The number of nitrogens with one attached hydrogen (secondary N) is 1. The van der Waals surface area contributed by atoms with E-state index in [1.165, 1.54) is 0 Å². The van der Waals surface area contributed by atoms with Crippen molar-refractivity contribution in [2.45, 2.75) is 6.92 Å². The summed E-state index contributed by atoms with van der Waals surface area (Å²) < 4.78 is 30.4. The number of esters is 1. The molecule has 0 aliphatic rings. The maximum absolute atomic E-state index is 13.1. The summed E-state index contributed by atoms with van der Waals surface area (Å²) in [5.74, 6) is -3.15. The zero-order valence-electron chi connectivity index (χ0n) is 8.59. The van der Waals surface area contributed by atoms with Crippen molar-refractivity contribution in [1.82, 2.24) is 4.98 Å². The van der Waals surface area contributed by atoms with Crippen LogP contribution in [0.15, 0.2) is 6.07 Å². The highest BCUT2D eigenvalue weighted by atomic mass is 19.1. The Morgan fingerprint density at radius 2 is 2.25 bits per heavy atom. The lowest BCUT2D eigenvalue weighted by Gasteiger charge is -2.07. The van der Waals surface area contributed by atoms with Crippen molar-refractivity contribution in [1.29, 1.82) is 0 Å². The minimum atomic E-state index is -0.945. The standard InChI is InChI=1S/C9H11F2N3O2/c1-2-16-7(15)4-13-9-6(11)3-5(10)8(12)14-9/h3H,2,4H2,1H3,(H3,12,13,14). The van der Waals surface area contributed by atoms with Crippen LogP contribution in [0.4, 0.5) is 20.4 Å². The van der Waals surface area contributed by atoms with Crippen molar-refractivity contribution >= 4 is 17.6 Å². The van der Waals surface area contributed by atoms with Crippen molar-refractivity contribution in [2.75, 3.05) is 24.2 Å². The summed E-state index contributed by atoms with van der Waals surface area (Å²) >= 11 is 0. The summed E-state index contributed by atoms with van der Waals surface area (Å²) in [6.07, 6.45) is 0. The van der Waals surface area contributed by atoms with E-state index in [-0.39, 0.29) is 19.0 Å². The summed E-state index contributed by atoms with van der Waals surface area (Å²) in [6, 6.07) is 0.593. The Morgan fingerprint density at radius 1 is 1.56 bits per heavy atom. The van der Waals surface area contributed by atoms with E-state index in [0.717, 1.165) is 0 Å². The minimum absolute atomic E-state index is 0.224. The summed E-state index contributed by atoms with van der Waals surface area (Å²) in [5.41, 5.74) is 5.15. The Hall–Kier alpha value is -1.92. The van der Waals surface area contributed by atoms with Crippen LogP contribution >= 0.6 is 0 Å². The molecular weight excluding hydrogens is 220 g/mol. The molecule has 0 saturated carbocycles. The third-order valence-corrected chi connectivity index (χ3v) is 1.66. The van der Waals surface area contributed by atoms with E-state index in [0.29, 0.717) is 6.07 Å². The van der Waals surface area contributed by atoms with Gasteiger partial charge in [0.2, 0.25) is 0 Å². The van der Waals surface area contributed by atoms with Crippen LogP contribution in [0, 0.1) is 11.6 Å². The van der Waals surface area contributed by atoms with Gasteiger partial charge >= 0.3 is 5.97 Å². The fourth-order valence-electron chi connectivity index (χ4n) is 0.973. The molecule has 1 aromatic heterocycles. The van der Waals surface area contributed by atoms with Crippen LogP contribution < -0.4 is 11.1 Å². The van der Waals surface area contributed by atoms with Crippen molar-refractivity contribution in [3.8, 4) is 0 Å². The number of carbonyl (C=O) groups is 1. The van der Waals surface area contributed by atoms with Gasteiger partial charge in [0.05, 0.1) is 6.61 Å². The Bertz CT molecular complexity index is 399. The van der Waals surface area contributed by atoms with Gasteiger partial charge in [-0.05, 0) is 6.92 Å². The van der Waals surface area contributed by atoms with Crippen LogP contribution in [-0.4, -0.2) is 24.1 Å². The molecule has 0 aliphatic carbocycles. The van der Waals surface area contributed by atoms with Crippen molar-refractivity contribution in [2.24, 2.45) is 0 Å². The predicted octanol–water partition coefficient (Wildman–Crippen LogP) is 0.917. The van der Waals surface area contributed by atoms with Gasteiger partial charge in [-0.3, -0.25) is 4.79 Å². The van der Waals surface area contributed by atoms with Gasteiger partial charge in [-0.15, -0.1) is 0 Å². The molecule has 0 radical (unpaired) electrons. The third kappa shape index (κ3) is 3.04. The molecule has 3 N–H and O–H groups in total. The molecule has 0 spiro atoms. The smallest absolute Gasteiger partial charge is 0.325 e. The van der Waals surface area contributed by atoms with Crippen molar-refractivity contribution < 1.29 is 18.3 Å².